The predicted octanol–water partition coefficient (Wildman–Crippen LogP) is 0.545. The van der Waals surface area contributed by atoms with E-state index in [9.17, 15) is 29.1 Å². The van der Waals surface area contributed by atoms with Gasteiger partial charge in [-0.25, -0.2) is 4.79 Å². The third-order valence-corrected chi connectivity index (χ3v) is 14.1. The van der Waals surface area contributed by atoms with E-state index in [-0.39, 0.29) is 0 Å². The van der Waals surface area contributed by atoms with E-state index in [1.54, 1.807) is 76.2 Å². The molecule has 0 radical (unpaired) electrons. The highest BCUT2D eigenvalue weighted by atomic mass is 16.9. The number of methoxy groups -OCH3 is 4. The lowest BCUT2D eigenvalue weighted by atomic mass is 9.96. The van der Waals surface area contributed by atoms with Crippen LogP contribution in [0, 0.1) is 0 Å². The molecular weight excluding hydrogens is 1010 g/mol. The average molecular weight is 1090 g/mol. The summed E-state index contributed by atoms with van der Waals surface area (Å²) in [4.78, 5) is 69.6. The van der Waals surface area contributed by atoms with E-state index in [1.165, 1.54) is 28.4 Å². The van der Waals surface area contributed by atoms with E-state index >= 15 is 0 Å². The second-order valence-electron chi connectivity index (χ2n) is 23.1. The molecule has 0 spiro atoms. The Balaban J connectivity index is 1.05. The van der Waals surface area contributed by atoms with Crippen molar-refractivity contribution >= 4 is 29.8 Å². The fraction of sp³-hybridized carbons (Fsp3) is 0.898. The largest absolute Gasteiger partial charge is 0.481 e. The molecule has 27 nitrogen and oxygen atoms in total. The fourth-order valence-corrected chi connectivity index (χ4v) is 11.4. The van der Waals surface area contributed by atoms with Crippen LogP contribution < -0.4 is 21.3 Å². The number of hydrogen-bond donors (Lipinski definition) is 5. The molecule has 8 aliphatic heterocycles. The minimum atomic E-state index is -1.24. The molecule has 0 aromatic heterocycles. The number of ether oxygens (including phenoxy) is 17. The lowest BCUT2D eigenvalue weighted by Gasteiger charge is -2.34. The Labute approximate surface area is 441 Å². The fourth-order valence-electron chi connectivity index (χ4n) is 11.4. The molecule has 0 aliphatic carbocycles. The van der Waals surface area contributed by atoms with Crippen LogP contribution in [0.1, 0.15) is 102 Å². The summed E-state index contributed by atoms with van der Waals surface area (Å²) in [5.74, 6) is -7.48. The smallest absolute Gasteiger partial charge is 0.407 e. The molecule has 8 fully saturated rings. The van der Waals surface area contributed by atoms with Gasteiger partial charge in [-0.3, -0.25) is 19.2 Å². The Kier molecular flexibility index (Phi) is 17.1. The molecule has 0 aromatic rings. The number of carbonyl (C=O) groups is 5. The van der Waals surface area contributed by atoms with Crippen LogP contribution in [0.3, 0.4) is 0 Å². The maximum atomic E-state index is 14.8. The number of carbonyl (C=O) groups excluding carboxylic acids is 4. The van der Waals surface area contributed by atoms with Crippen molar-refractivity contribution in [2.75, 3.05) is 28.4 Å². The Bertz CT molecular complexity index is 2120. The standard InChI is InChI=1S/C49H78N4O23/c1-45(2,3)76-44(59)53-22(30-34(62-14)38-42(66-30)74-48(8,9)70-38)18-26(56)51-20(28-32(60-12)36-40(64-28)72-46(4,5)68-36)16-24(54)50-21(29-33(61-13)37-41(65-29)73-47(6,7)69-37)17-25(55)52-23(19-27(57)58)31-35(63-15)39-43(67-31)75-49(10,11)71-39/h20-23,28-43H,16-19H2,1-15H3,(H,50,54)(H,51,56)(H,52,55)(H,53,59)(H,57,58)/t20?,21?,22?,23?,28-,29-,30-,31-,32+,33+,34+,35+,36-,37-,38-,39-,40-,41-,42-,43-/m1/s1. The lowest BCUT2D eigenvalue weighted by molar-refractivity contribution is -0.221. The summed E-state index contributed by atoms with van der Waals surface area (Å²) in [5.41, 5.74) is -0.912. The van der Waals surface area contributed by atoms with Gasteiger partial charge in [0.1, 0.15) is 78.8 Å². The first kappa shape index (κ1) is 58.7. The first-order valence-electron chi connectivity index (χ1n) is 25.7. The van der Waals surface area contributed by atoms with Crippen LogP contribution in [-0.2, 0) is 99.7 Å². The van der Waals surface area contributed by atoms with Crippen molar-refractivity contribution in [2.45, 2.75) is 253 Å². The molecule has 4 amide bonds. The highest BCUT2D eigenvalue weighted by molar-refractivity contribution is 5.83. The molecule has 432 valence electrons. The molecule has 8 rings (SSSR count). The summed E-state index contributed by atoms with van der Waals surface area (Å²) in [6.45, 7) is 18.7. The molecule has 0 bridgehead atoms. The summed E-state index contributed by atoms with van der Waals surface area (Å²) >= 11 is 0. The van der Waals surface area contributed by atoms with E-state index in [0.29, 0.717) is 0 Å². The van der Waals surface area contributed by atoms with Gasteiger partial charge < -0.3 is 107 Å². The normalized spacial score (nSPS) is 38.8. The maximum absolute atomic E-state index is 14.8. The molecule has 8 heterocycles. The Hall–Kier alpha value is -3.49. The number of amides is 4. The number of hydrogen-bond acceptors (Lipinski definition) is 22. The minimum absolute atomic E-state index is 0.445. The Morgan fingerprint density at radius 3 is 0.921 bits per heavy atom. The van der Waals surface area contributed by atoms with Gasteiger partial charge in [-0.2, -0.15) is 0 Å². The van der Waals surface area contributed by atoms with E-state index in [0.717, 1.165) is 0 Å². The molecular formula is C49H78N4O23. The second kappa shape index (κ2) is 22.2. The number of aliphatic carboxylic acids is 1. The SMILES string of the molecule is CO[C@@H]1[C@H]2OC(C)(C)O[C@H]2O[C@@H]1C(CC(=O)O)NC(=O)CC(NC(=O)CC(NC(=O)CC(NC(=O)OC(C)(C)C)[C@H]1O[C@@H]2OC(C)(C)O[C@@H]2[C@H]1OC)[C@H]1O[C@@H]2OC(C)(C)O[C@@H]2[C@H]1OC)[C@H]1O[C@@H]2OC(C)(C)O[C@@H]2[C@H]1OC. The Morgan fingerprint density at radius 2 is 0.684 bits per heavy atom. The van der Waals surface area contributed by atoms with Crippen molar-refractivity contribution < 1.29 is 110 Å². The molecule has 76 heavy (non-hydrogen) atoms. The number of fused-ring (bicyclic) bond motifs is 4. The average Bonchev–Trinajstić information content (AvgIpc) is 4.15. The van der Waals surface area contributed by atoms with Crippen LogP contribution in [-0.4, -0.2) is 215 Å². The van der Waals surface area contributed by atoms with Gasteiger partial charge >= 0.3 is 12.1 Å². The summed E-state index contributed by atoms with van der Waals surface area (Å²) in [6.07, 6.45) is -17.3. The van der Waals surface area contributed by atoms with E-state index in [1.807, 2.05) is 0 Å². The molecule has 0 saturated carbocycles. The zero-order valence-electron chi connectivity index (χ0n) is 45.8. The van der Waals surface area contributed by atoms with Crippen LogP contribution in [0.5, 0.6) is 0 Å². The van der Waals surface area contributed by atoms with Crippen LogP contribution in [0.2, 0.25) is 0 Å². The van der Waals surface area contributed by atoms with Crippen molar-refractivity contribution in [1.29, 1.82) is 0 Å². The van der Waals surface area contributed by atoms with Gasteiger partial charge in [-0.1, -0.05) is 0 Å². The van der Waals surface area contributed by atoms with Crippen LogP contribution in [0.25, 0.3) is 0 Å². The summed E-state index contributed by atoms with van der Waals surface area (Å²) in [5, 5.41) is 21.5. The van der Waals surface area contributed by atoms with Crippen molar-refractivity contribution in [3.63, 3.8) is 0 Å². The Morgan fingerprint density at radius 1 is 0.434 bits per heavy atom. The third kappa shape index (κ3) is 13.1. The molecule has 0 aromatic carbocycles. The number of rotatable bonds is 20. The number of nitrogens with one attached hydrogen (secondary N) is 4. The number of alkyl carbamates (subject to hydrolysis) is 1. The van der Waals surface area contributed by atoms with Gasteiger partial charge in [-0.05, 0) is 76.2 Å². The molecule has 4 unspecified atom stereocenters. The number of carboxylic acid groups (broad SMARTS) is 1. The maximum Gasteiger partial charge on any atom is 0.407 e. The van der Waals surface area contributed by atoms with Crippen molar-refractivity contribution in [1.82, 2.24) is 21.3 Å². The van der Waals surface area contributed by atoms with Gasteiger partial charge in [0, 0.05) is 47.7 Å². The van der Waals surface area contributed by atoms with Gasteiger partial charge in [0.25, 0.3) is 0 Å². The molecule has 20 atom stereocenters. The van der Waals surface area contributed by atoms with Gasteiger partial charge in [0.15, 0.2) is 48.3 Å². The lowest BCUT2D eigenvalue weighted by Crippen LogP contribution is -2.57. The van der Waals surface area contributed by atoms with Crippen molar-refractivity contribution in [2.24, 2.45) is 0 Å². The summed E-state index contributed by atoms with van der Waals surface area (Å²) in [7, 11) is 5.71. The zero-order chi connectivity index (χ0) is 55.6. The highest BCUT2D eigenvalue weighted by Gasteiger charge is 2.62. The third-order valence-electron chi connectivity index (χ3n) is 14.1. The van der Waals surface area contributed by atoms with E-state index in [4.69, 9.17) is 80.5 Å². The van der Waals surface area contributed by atoms with Gasteiger partial charge in [0.05, 0.1) is 30.6 Å². The minimum Gasteiger partial charge on any atom is -0.481 e. The van der Waals surface area contributed by atoms with Crippen LogP contribution in [0.15, 0.2) is 0 Å². The van der Waals surface area contributed by atoms with Crippen LogP contribution >= 0.6 is 0 Å². The number of carboxylic acids is 1. The summed E-state index contributed by atoms with van der Waals surface area (Å²) < 4.78 is 103. The highest BCUT2D eigenvalue weighted by Crippen LogP contribution is 2.44. The quantitative estimate of drug-likeness (QED) is 0.111. The van der Waals surface area contributed by atoms with E-state index in [2.05, 4.69) is 21.3 Å². The second-order valence-corrected chi connectivity index (χ2v) is 23.1. The zero-order valence-corrected chi connectivity index (χ0v) is 45.8. The van der Waals surface area contributed by atoms with Gasteiger partial charge in [-0.15, -0.1) is 0 Å². The van der Waals surface area contributed by atoms with E-state index < -0.39 is 207 Å². The van der Waals surface area contributed by atoms with Crippen LogP contribution in [0.4, 0.5) is 4.79 Å². The van der Waals surface area contributed by atoms with Gasteiger partial charge in [0.2, 0.25) is 17.7 Å². The molecule has 8 saturated heterocycles. The first-order chi connectivity index (χ1) is 35.4. The first-order valence-corrected chi connectivity index (χ1v) is 25.7. The summed E-state index contributed by atoms with van der Waals surface area (Å²) in [6, 6.07) is -4.71. The topological polar surface area (TPSA) is 311 Å². The molecule has 8 aliphatic rings. The van der Waals surface area contributed by atoms with Crippen molar-refractivity contribution in [3.05, 3.63) is 0 Å². The van der Waals surface area contributed by atoms with Crippen molar-refractivity contribution in [3.8, 4) is 0 Å². The molecule has 27 heteroatoms. The molecule has 5 N–H and O–H groups in total. The predicted molar refractivity (Wildman–Crippen MR) is 253 cm³/mol. The monoisotopic (exact) mass is 1090 g/mol.